The van der Waals surface area contributed by atoms with Crippen molar-refractivity contribution in [2.24, 2.45) is 0 Å². The number of sulfone groups is 1. The molecule has 0 amide bonds. The summed E-state index contributed by atoms with van der Waals surface area (Å²) in [6.45, 7) is 1.21. The molecule has 0 spiro atoms. The molecule has 1 aliphatic rings. The fraction of sp³-hybridized carbons (Fsp3) is 0.462. The number of ether oxygens (including phenoxy) is 1. The van der Waals surface area contributed by atoms with Crippen LogP contribution in [0.5, 0.6) is 0 Å². The first-order chi connectivity index (χ1) is 8.48. The molecule has 5 heteroatoms. The lowest BCUT2D eigenvalue weighted by atomic mass is 9.75. The minimum Gasteiger partial charge on any atom is -0.379 e. The van der Waals surface area contributed by atoms with Crippen molar-refractivity contribution < 1.29 is 13.2 Å². The summed E-state index contributed by atoms with van der Waals surface area (Å²) in [6.07, 6.45) is 2.43. The molecule has 0 radical (unpaired) electrons. The Kier molecular flexibility index (Phi) is 3.42. The van der Waals surface area contributed by atoms with E-state index < -0.39 is 9.84 Å². The molecule has 1 aromatic rings. The van der Waals surface area contributed by atoms with Crippen molar-refractivity contribution in [2.45, 2.75) is 23.2 Å². The fourth-order valence-corrected chi connectivity index (χ4v) is 2.79. The zero-order valence-electron chi connectivity index (χ0n) is 10.2. The van der Waals surface area contributed by atoms with Crippen molar-refractivity contribution in [3.8, 4) is 6.07 Å². The molecular weight excluding hydrogens is 250 g/mol. The third kappa shape index (κ3) is 2.40. The summed E-state index contributed by atoms with van der Waals surface area (Å²) < 4.78 is 28.0. The summed E-state index contributed by atoms with van der Waals surface area (Å²) in [5.41, 5.74) is 0.947. The van der Waals surface area contributed by atoms with Crippen LogP contribution >= 0.6 is 0 Å². The van der Waals surface area contributed by atoms with Crippen LogP contribution in [0.25, 0.3) is 0 Å². The second kappa shape index (κ2) is 4.71. The van der Waals surface area contributed by atoms with Crippen molar-refractivity contribution >= 4 is 9.84 Å². The lowest BCUT2D eigenvalue weighted by Crippen LogP contribution is -2.46. The number of benzene rings is 1. The maximum absolute atomic E-state index is 11.4. The van der Waals surface area contributed by atoms with Gasteiger partial charge in [-0.15, -0.1) is 0 Å². The molecule has 4 nitrogen and oxygen atoms in total. The number of hydrogen-bond donors (Lipinski definition) is 0. The minimum atomic E-state index is -3.15. The lowest BCUT2D eigenvalue weighted by Gasteiger charge is -2.41. The molecule has 1 aliphatic heterocycles. The van der Waals surface area contributed by atoms with E-state index in [0.29, 0.717) is 24.5 Å². The lowest BCUT2D eigenvalue weighted by molar-refractivity contribution is -0.0637. The van der Waals surface area contributed by atoms with E-state index in [9.17, 15) is 8.42 Å². The summed E-state index contributed by atoms with van der Waals surface area (Å²) in [5, 5.41) is 8.68. The Balaban J connectivity index is 2.26. The van der Waals surface area contributed by atoms with Gasteiger partial charge in [-0.1, -0.05) is 12.1 Å². The molecule has 2 rings (SSSR count). The van der Waals surface area contributed by atoms with Crippen LogP contribution in [0.15, 0.2) is 29.2 Å². The highest BCUT2D eigenvalue weighted by Crippen LogP contribution is 2.37. The summed E-state index contributed by atoms with van der Waals surface area (Å²) >= 11 is 0. The van der Waals surface area contributed by atoms with E-state index in [-0.39, 0.29) is 5.41 Å². The molecule has 1 heterocycles. The van der Waals surface area contributed by atoms with Gasteiger partial charge in [0.2, 0.25) is 0 Å². The molecule has 0 unspecified atom stereocenters. The summed E-state index contributed by atoms with van der Waals surface area (Å²) in [5.74, 6) is 0. The van der Waals surface area contributed by atoms with Gasteiger partial charge in [-0.25, -0.2) is 8.42 Å². The van der Waals surface area contributed by atoms with Gasteiger partial charge >= 0.3 is 0 Å². The van der Waals surface area contributed by atoms with Gasteiger partial charge < -0.3 is 4.74 Å². The summed E-state index contributed by atoms with van der Waals surface area (Å²) in [4.78, 5) is 0.321. The summed E-state index contributed by atoms with van der Waals surface area (Å²) in [6, 6.07) is 9.05. The SMILES string of the molecule is CS(=O)(=O)c1ccc(C2(CCC#N)COC2)cc1. The van der Waals surface area contributed by atoms with Crippen molar-refractivity contribution in [1.82, 2.24) is 0 Å². The standard InChI is InChI=1S/C13H15NO3S/c1-18(15,16)12-5-3-11(4-6-12)13(7-2-8-14)9-17-10-13/h3-6H,2,7,9-10H2,1H3. The Hall–Kier alpha value is -1.38. The van der Waals surface area contributed by atoms with E-state index in [2.05, 4.69) is 6.07 Å². The van der Waals surface area contributed by atoms with Gasteiger partial charge in [0.1, 0.15) is 0 Å². The molecule has 96 valence electrons. The van der Waals surface area contributed by atoms with E-state index in [1.807, 2.05) is 12.1 Å². The van der Waals surface area contributed by atoms with Crippen molar-refractivity contribution in [3.05, 3.63) is 29.8 Å². The van der Waals surface area contributed by atoms with Gasteiger partial charge in [0, 0.05) is 18.1 Å². The highest BCUT2D eigenvalue weighted by Gasteiger charge is 2.39. The van der Waals surface area contributed by atoms with E-state index in [0.717, 1.165) is 12.0 Å². The molecule has 18 heavy (non-hydrogen) atoms. The number of nitriles is 1. The average Bonchev–Trinajstić information content (AvgIpc) is 2.27. The first-order valence-corrected chi connectivity index (χ1v) is 7.62. The second-order valence-electron chi connectivity index (χ2n) is 4.73. The first kappa shape index (κ1) is 13.1. The monoisotopic (exact) mass is 265 g/mol. The predicted octanol–water partition coefficient (Wildman–Crippen LogP) is 1.66. The molecule has 0 aliphatic carbocycles. The molecule has 0 N–H and O–H groups in total. The molecule has 0 bridgehead atoms. The third-order valence-corrected chi connectivity index (χ3v) is 4.50. The highest BCUT2D eigenvalue weighted by molar-refractivity contribution is 7.90. The zero-order valence-corrected chi connectivity index (χ0v) is 11.0. The first-order valence-electron chi connectivity index (χ1n) is 5.73. The fourth-order valence-electron chi connectivity index (χ4n) is 2.15. The zero-order chi connectivity index (χ0) is 13.2. The Morgan fingerprint density at radius 2 is 1.94 bits per heavy atom. The largest absolute Gasteiger partial charge is 0.379 e. The van der Waals surface area contributed by atoms with Gasteiger partial charge in [0.05, 0.1) is 24.2 Å². The highest BCUT2D eigenvalue weighted by atomic mass is 32.2. The Labute approximate surface area is 107 Å². The van der Waals surface area contributed by atoms with Crippen LogP contribution in [-0.4, -0.2) is 27.9 Å². The summed E-state index contributed by atoms with van der Waals surface area (Å²) in [7, 11) is -3.15. The van der Waals surface area contributed by atoms with E-state index >= 15 is 0 Å². The maximum Gasteiger partial charge on any atom is 0.175 e. The number of hydrogen-bond acceptors (Lipinski definition) is 4. The quantitative estimate of drug-likeness (QED) is 0.830. The van der Waals surface area contributed by atoms with Gasteiger partial charge in [0.25, 0.3) is 0 Å². The molecule has 1 fully saturated rings. The van der Waals surface area contributed by atoms with Crippen molar-refractivity contribution in [1.29, 1.82) is 5.26 Å². The van der Waals surface area contributed by atoms with Crippen LogP contribution in [0.4, 0.5) is 0 Å². The van der Waals surface area contributed by atoms with Crippen molar-refractivity contribution in [3.63, 3.8) is 0 Å². The van der Waals surface area contributed by atoms with Crippen LogP contribution in [0.2, 0.25) is 0 Å². The second-order valence-corrected chi connectivity index (χ2v) is 6.74. The van der Waals surface area contributed by atoms with Gasteiger partial charge in [0.15, 0.2) is 9.84 Å². The Morgan fingerprint density at radius 3 is 2.33 bits per heavy atom. The maximum atomic E-state index is 11.4. The Morgan fingerprint density at radius 1 is 1.33 bits per heavy atom. The minimum absolute atomic E-state index is 0.105. The van der Waals surface area contributed by atoms with Gasteiger partial charge in [-0.2, -0.15) is 5.26 Å². The average molecular weight is 265 g/mol. The van der Waals surface area contributed by atoms with E-state index in [4.69, 9.17) is 10.00 Å². The van der Waals surface area contributed by atoms with Crippen LogP contribution in [-0.2, 0) is 20.0 Å². The van der Waals surface area contributed by atoms with Crippen LogP contribution in [0.1, 0.15) is 18.4 Å². The molecule has 0 saturated carbocycles. The molecule has 1 saturated heterocycles. The predicted molar refractivity (Wildman–Crippen MR) is 66.9 cm³/mol. The topological polar surface area (TPSA) is 67.2 Å². The van der Waals surface area contributed by atoms with E-state index in [1.54, 1.807) is 12.1 Å². The molecular formula is C13H15NO3S. The van der Waals surface area contributed by atoms with Crippen LogP contribution in [0.3, 0.4) is 0 Å². The van der Waals surface area contributed by atoms with Gasteiger partial charge in [-0.05, 0) is 24.1 Å². The van der Waals surface area contributed by atoms with Crippen molar-refractivity contribution in [2.75, 3.05) is 19.5 Å². The Bertz CT molecular complexity index is 565. The van der Waals surface area contributed by atoms with Crippen LogP contribution in [0, 0.1) is 11.3 Å². The third-order valence-electron chi connectivity index (χ3n) is 3.37. The molecule has 1 aromatic carbocycles. The molecule has 0 aromatic heterocycles. The smallest absolute Gasteiger partial charge is 0.175 e. The van der Waals surface area contributed by atoms with E-state index in [1.165, 1.54) is 6.26 Å². The van der Waals surface area contributed by atoms with Crippen LogP contribution < -0.4 is 0 Å². The number of nitrogens with zero attached hydrogens (tertiary/aromatic N) is 1. The normalized spacial score (nSPS) is 17.8. The van der Waals surface area contributed by atoms with Gasteiger partial charge in [-0.3, -0.25) is 0 Å². The number of rotatable bonds is 4. The molecule has 0 atom stereocenters.